The van der Waals surface area contributed by atoms with Crippen LogP contribution in [0.4, 0.5) is 0 Å². The van der Waals surface area contributed by atoms with Crippen molar-refractivity contribution in [2.75, 3.05) is 53.4 Å². The van der Waals surface area contributed by atoms with E-state index in [4.69, 9.17) is 28.4 Å². The molecule has 1 heterocycles. The minimum atomic E-state index is -0.409. The molecule has 0 saturated heterocycles. The summed E-state index contributed by atoms with van der Waals surface area (Å²) < 4.78 is 33.8. The van der Waals surface area contributed by atoms with Gasteiger partial charge < -0.3 is 28.4 Å². The molecule has 0 N–H and O–H groups in total. The Morgan fingerprint density at radius 2 is 1.73 bits per heavy atom. The Balaban J connectivity index is 1.63. The van der Waals surface area contributed by atoms with Gasteiger partial charge in [-0.2, -0.15) is 0 Å². The van der Waals surface area contributed by atoms with Crippen LogP contribution in [0.5, 0.6) is 11.5 Å². The van der Waals surface area contributed by atoms with Gasteiger partial charge in [-0.15, -0.1) is 0 Å². The lowest BCUT2D eigenvalue weighted by Crippen LogP contribution is -2.45. The molecule has 0 aromatic heterocycles. The molecule has 1 aliphatic heterocycles. The van der Waals surface area contributed by atoms with E-state index in [1.807, 2.05) is 6.07 Å². The van der Waals surface area contributed by atoms with Crippen LogP contribution in [0.2, 0.25) is 0 Å². The van der Waals surface area contributed by atoms with Crippen LogP contribution in [0.3, 0.4) is 0 Å². The Morgan fingerprint density at radius 3 is 2.43 bits per heavy atom. The second kappa shape index (κ2) is 14.9. The number of hydrogen-bond acceptors (Lipinski definition) is 7. The van der Waals surface area contributed by atoms with Crippen LogP contribution in [0, 0.1) is 5.92 Å². The first-order chi connectivity index (χ1) is 17.9. The quantitative estimate of drug-likeness (QED) is 0.121. The fraction of sp³-hybridized carbons (Fsp3) is 0.700. The Hall–Kier alpha value is -1.93. The highest BCUT2D eigenvalue weighted by Gasteiger charge is 2.45. The van der Waals surface area contributed by atoms with Gasteiger partial charge in [0.15, 0.2) is 0 Å². The van der Waals surface area contributed by atoms with Crippen molar-refractivity contribution in [1.29, 1.82) is 0 Å². The summed E-state index contributed by atoms with van der Waals surface area (Å²) in [6.45, 7) is 11.4. The number of benzene rings is 1. The molecular weight excluding hydrogens is 472 g/mol. The zero-order valence-corrected chi connectivity index (χ0v) is 23.4. The molecule has 3 rings (SSSR count). The molecule has 1 aromatic carbocycles. The number of allylic oxidation sites excluding steroid dienone is 2. The maximum Gasteiger partial charge on any atom is 0.337 e. The van der Waals surface area contributed by atoms with E-state index in [2.05, 4.69) is 39.8 Å². The van der Waals surface area contributed by atoms with Crippen LogP contribution in [-0.2, 0) is 30.2 Å². The minimum Gasteiger partial charge on any atom is -0.487 e. The predicted molar refractivity (Wildman–Crippen MR) is 144 cm³/mol. The molecule has 7 heteroatoms. The maximum atomic E-state index is 12.8. The number of methoxy groups -OCH3 is 1. The molecule has 7 nitrogen and oxygen atoms in total. The lowest BCUT2D eigenvalue weighted by molar-refractivity contribution is -0.140. The van der Waals surface area contributed by atoms with Gasteiger partial charge in [-0.1, -0.05) is 31.4 Å². The minimum absolute atomic E-state index is 0.127. The van der Waals surface area contributed by atoms with Crippen molar-refractivity contribution in [2.24, 2.45) is 5.92 Å². The molecule has 37 heavy (non-hydrogen) atoms. The molecule has 0 saturated carbocycles. The van der Waals surface area contributed by atoms with Crippen molar-refractivity contribution in [3.8, 4) is 11.5 Å². The third kappa shape index (κ3) is 8.81. The summed E-state index contributed by atoms with van der Waals surface area (Å²) in [6.07, 6.45) is 8.83. The summed E-state index contributed by atoms with van der Waals surface area (Å²) >= 11 is 0. The van der Waals surface area contributed by atoms with E-state index in [1.165, 1.54) is 12.0 Å². The standard InChI is InChI=1S/C30H46O7/c1-6-7-8-9-23-19-26(36-28(31)21-35-17-16-34-15-14-33-13-12-32-5)29-24-18-22(2)10-11-25(24)30(3,4)37-27(29)20-23/h18-20,24-25H,6-17,21H2,1-5H3/t24-,25+/m0/s1. The summed E-state index contributed by atoms with van der Waals surface area (Å²) in [5.74, 6) is 1.54. The van der Waals surface area contributed by atoms with Gasteiger partial charge in [0.2, 0.25) is 0 Å². The molecule has 0 amide bonds. The molecule has 1 aromatic rings. The Bertz CT molecular complexity index is 892. The zero-order valence-electron chi connectivity index (χ0n) is 23.4. The maximum absolute atomic E-state index is 12.8. The molecular formula is C30H46O7. The van der Waals surface area contributed by atoms with E-state index in [1.54, 1.807) is 7.11 Å². The number of fused-ring (bicyclic) bond motifs is 3. The first kappa shape index (κ1) is 29.6. The molecule has 0 bridgehead atoms. The van der Waals surface area contributed by atoms with E-state index >= 15 is 0 Å². The fourth-order valence-electron chi connectivity index (χ4n) is 5.26. The highest BCUT2D eigenvalue weighted by atomic mass is 16.6. The Labute approximate surface area is 222 Å². The Morgan fingerprint density at radius 1 is 1.03 bits per heavy atom. The summed E-state index contributed by atoms with van der Waals surface area (Å²) in [4.78, 5) is 12.8. The van der Waals surface area contributed by atoms with Crippen LogP contribution in [0.15, 0.2) is 23.8 Å². The molecule has 1 aliphatic carbocycles. The highest BCUT2D eigenvalue weighted by molar-refractivity contribution is 5.75. The first-order valence-corrected chi connectivity index (χ1v) is 13.8. The van der Waals surface area contributed by atoms with Gasteiger partial charge in [0, 0.05) is 24.5 Å². The average Bonchev–Trinajstić information content (AvgIpc) is 2.84. The van der Waals surface area contributed by atoms with E-state index in [0.717, 1.165) is 49.0 Å². The van der Waals surface area contributed by atoms with Crippen molar-refractivity contribution < 1.29 is 33.2 Å². The van der Waals surface area contributed by atoms with Crippen molar-refractivity contribution in [3.05, 3.63) is 34.9 Å². The van der Waals surface area contributed by atoms with E-state index < -0.39 is 5.97 Å². The van der Waals surface area contributed by atoms with Crippen LogP contribution in [-0.4, -0.2) is 64.9 Å². The molecule has 0 unspecified atom stereocenters. The molecule has 2 aliphatic rings. The number of carbonyl (C=O) groups excluding carboxylic acids is 1. The van der Waals surface area contributed by atoms with E-state index in [9.17, 15) is 4.79 Å². The first-order valence-electron chi connectivity index (χ1n) is 13.8. The number of esters is 1. The number of hydrogen-bond donors (Lipinski definition) is 0. The number of rotatable bonds is 16. The third-order valence-corrected chi connectivity index (χ3v) is 7.20. The lowest BCUT2D eigenvalue weighted by Gasteiger charge is -2.46. The number of ether oxygens (including phenoxy) is 6. The average molecular weight is 519 g/mol. The number of unbranched alkanes of at least 4 members (excludes halogenated alkanes) is 2. The van der Waals surface area contributed by atoms with Gasteiger partial charge in [0.05, 0.1) is 39.6 Å². The molecule has 0 radical (unpaired) electrons. The van der Waals surface area contributed by atoms with Crippen LogP contribution >= 0.6 is 0 Å². The van der Waals surface area contributed by atoms with Crippen molar-refractivity contribution in [2.45, 2.75) is 77.7 Å². The van der Waals surface area contributed by atoms with Gasteiger partial charge in [-0.3, -0.25) is 0 Å². The zero-order chi connectivity index (χ0) is 26.7. The Kier molecular flexibility index (Phi) is 11.9. The molecule has 208 valence electrons. The van der Waals surface area contributed by atoms with Crippen LogP contribution in [0.25, 0.3) is 0 Å². The third-order valence-electron chi connectivity index (χ3n) is 7.20. The monoisotopic (exact) mass is 518 g/mol. The smallest absolute Gasteiger partial charge is 0.337 e. The van der Waals surface area contributed by atoms with Gasteiger partial charge in [-0.05, 0) is 64.2 Å². The largest absolute Gasteiger partial charge is 0.487 e. The van der Waals surface area contributed by atoms with Gasteiger partial charge in [0.25, 0.3) is 0 Å². The molecule has 2 atom stereocenters. The van der Waals surface area contributed by atoms with Crippen LogP contribution < -0.4 is 9.47 Å². The van der Waals surface area contributed by atoms with Gasteiger partial charge >= 0.3 is 5.97 Å². The van der Waals surface area contributed by atoms with Crippen molar-refractivity contribution in [1.82, 2.24) is 0 Å². The number of aryl methyl sites for hydroxylation is 1. The molecule has 0 fully saturated rings. The fourth-order valence-corrected chi connectivity index (χ4v) is 5.26. The van der Waals surface area contributed by atoms with Crippen LogP contribution in [0.1, 0.15) is 76.8 Å². The second-order valence-electron chi connectivity index (χ2n) is 10.6. The number of carbonyl (C=O) groups is 1. The summed E-state index contributed by atoms with van der Waals surface area (Å²) in [7, 11) is 1.64. The van der Waals surface area contributed by atoms with Crippen molar-refractivity contribution in [3.63, 3.8) is 0 Å². The van der Waals surface area contributed by atoms with E-state index in [-0.39, 0.29) is 18.1 Å². The van der Waals surface area contributed by atoms with Gasteiger partial charge in [0.1, 0.15) is 23.7 Å². The van der Waals surface area contributed by atoms with Gasteiger partial charge in [-0.25, -0.2) is 4.79 Å². The lowest BCUT2D eigenvalue weighted by atomic mass is 9.68. The second-order valence-corrected chi connectivity index (χ2v) is 10.6. The SMILES string of the molecule is CCCCCc1cc(OC(=O)COCCOCCOCCOC)c2c(c1)OC(C)(C)[C@@H]1CCC(C)=C[C@H]21. The van der Waals surface area contributed by atoms with Crippen molar-refractivity contribution >= 4 is 5.97 Å². The topological polar surface area (TPSA) is 72.5 Å². The highest BCUT2D eigenvalue weighted by Crippen LogP contribution is 2.53. The predicted octanol–water partition coefficient (Wildman–Crippen LogP) is 5.63. The summed E-state index contributed by atoms with van der Waals surface area (Å²) in [6, 6.07) is 4.19. The normalized spacial score (nSPS) is 20.0. The van der Waals surface area contributed by atoms with E-state index in [0.29, 0.717) is 51.3 Å². The summed E-state index contributed by atoms with van der Waals surface area (Å²) in [5, 5.41) is 0. The molecule has 0 spiro atoms. The summed E-state index contributed by atoms with van der Waals surface area (Å²) in [5.41, 5.74) is 3.23.